The van der Waals surface area contributed by atoms with E-state index >= 15 is 0 Å². The van der Waals surface area contributed by atoms with Crippen molar-refractivity contribution in [1.82, 2.24) is 10.2 Å². The van der Waals surface area contributed by atoms with E-state index in [9.17, 15) is 32.1 Å². The summed E-state index contributed by atoms with van der Waals surface area (Å²) >= 11 is 0. The van der Waals surface area contributed by atoms with Crippen molar-refractivity contribution in [3.63, 3.8) is 0 Å². The average molecular weight is 408 g/mol. The SMILES string of the molecule is CC(=O)N/C=C\[S@@](=O)C1=C(C(=O)O)N2C(=O)[C@@H]([C@H](C)OS(=O)(=O)O)[C@H]2C1. The normalized spacial score (nSPS) is 25.0. The van der Waals surface area contributed by atoms with Crippen LogP contribution in [0.25, 0.3) is 0 Å². The fourth-order valence-electron chi connectivity index (χ4n) is 2.94. The number of carboxylic acids is 1. The van der Waals surface area contributed by atoms with Gasteiger partial charge in [-0.2, -0.15) is 8.42 Å². The van der Waals surface area contributed by atoms with Crippen LogP contribution in [0.4, 0.5) is 0 Å². The van der Waals surface area contributed by atoms with E-state index in [4.69, 9.17) is 4.55 Å². The number of carbonyl (C=O) groups excluding carboxylic acids is 2. The molecular weight excluding hydrogens is 392 g/mol. The van der Waals surface area contributed by atoms with Gasteiger partial charge in [0.2, 0.25) is 11.8 Å². The summed E-state index contributed by atoms with van der Waals surface area (Å²) in [4.78, 5) is 35.4. The van der Waals surface area contributed by atoms with Gasteiger partial charge in [0.25, 0.3) is 0 Å². The molecule has 0 aromatic carbocycles. The largest absolute Gasteiger partial charge is 0.477 e. The molecule has 11 nitrogen and oxygen atoms in total. The molecule has 0 aromatic heterocycles. The second kappa shape index (κ2) is 7.26. The van der Waals surface area contributed by atoms with Crippen LogP contribution in [0.5, 0.6) is 0 Å². The van der Waals surface area contributed by atoms with Crippen LogP contribution in [-0.2, 0) is 39.8 Å². The molecule has 2 amide bonds. The van der Waals surface area contributed by atoms with Crippen LogP contribution in [-0.4, -0.2) is 57.1 Å². The molecule has 2 rings (SSSR count). The number of amides is 2. The molecule has 2 aliphatic heterocycles. The molecule has 0 unspecified atom stereocenters. The van der Waals surface area contributed by atoms with Crippen LogP contribution in [0.3, 0.4) is 0 Å². The maximum Gasteiger partial charge on any atom is 0.397 e. The average Bonchev–Trinajstić information content (AvgIpc) is 2.80. The third kappa shape index (κ3) is 4.00. The molecule has 3 N–H and O–H groups in total. The second-order valence-electron chi connectivity index (χ2n) is 5.61. The summed E-state index contributed by atoms with van der Waals surface area (Å²) in [6.07, 6.45) is -0.200. The number of carbonyl (C=O) groups is 3. The highest BCUT2D eigenvalue weighted by Gasteiger charge is 2.58. The Bertz CT molecular complexity index is 846. The van der Waals surface area contributed by atoms with Crippen molar-refractivity contribution in [3.05, 3.63) is 22.2 Å². The predicted molar refractivity (Wildman–Crippen MR) is 86.6 cm³/mol. The summed E-state index contributed by atoms with van der Waals surface area (Å²) in [5.74, 6) is -3.59. The van der Waals surface area contributed by atoms with Crippen molar-refractivity contribution < 1.29 is 40.9 Å². The number of hydrogen-bond acceptors (Lipinski definition) is 7. The van der Waals surface area contributed by atoms with Gasteiger partial charge in [0.05, 0.1) is 33.8 Å². The first kappa shape index (κ1) is 20.2. The Morgan fingerprint density at radius 2 is 2.08 bits per heavy atom. The molecular formula is C13H16N2O9S2. The van der Waals surface area contributed by atoms with Crippen molar-refractivity contribution in [2.45, 2.75) is 32.4 Å². The second-order valence-corrected chi connectivity index (χ2v) is 8.02. The Labute approximate surface area is 151 Å². The van der Waals surface area contributed by atoms with E-state index in [1.165, 1.54) is 13.8 Å². The minimum Gasteiger partial charge on any atom is -0.477 e. The predicted octanol–water partition coefficient (Wildman–Crippen LogP) is -0.923. The van der Waals surface area contributed by atoms with Gasteiger partial charge in [-0.1, -0.05) is 0 Å². The molecule has 1 fully saturated rings. The van der Waals surface area contributed by atoms with Gasteiger partial charge in [-0.05, 0) is 6.92 Å². The Morgan fingerprint density at radius 1 is 1.46 bits per heavy atom. The van der Waals surface area contributed by atoms with Gasteiger partial charge in [-0.3, -0.25) is 14.1 Å². The van der Waals surface area contributed by atoms with Crippen LogP contribution < -0.4 is 5.32 Å². The number of nitrogens with one attached hydrogen (secondary N) is 1. The van der Waals surface area contributed by atoms with E-state index < -0.39 is 62.7 Å². The summed E-state index contributed by atoms with van der Waals surface area (Å²) in [5, 5.41) is 12.7. The van der Waals surface area contributed by atoms with E-state index in [2.05, 4.69) is 9.50 Å². The Balaban J connectivity index is 2.24. The van der Waals surface area contributed by atoms with E-state index in [1.807, 2.05) is 0 Å². The zero-order valence-corrected chi connectivity index (χ0v) is 15.2. The number of hydrogen-bond donors (Lipinski definition) is 3. The van der Waals surface area contributed by atoms with Crippen LogP contribution >= 0.6 is 0 Å². The fourth-order valence-corrected chi connectivity index (χ4v) is 4.51. The number of β-lactam (4-membered cyclic amide) rings is 1. The molecule has 0 saturated carbocycles. The lowest BCUT2D eigenvalue weighted by molar-refractivity contribution is -0.160. The van der Waals surface area contributed by atoms with Gasteiger partial charge < -0.3 is 15.3 Å². The Hall–Kier alpha value is -2.09. The topological polar surface area (TPSA) is 167 Å². The standard InChI is InChI=1S/C13H16N2O9S2/c1-6(24-26(21,22)23)10-8-5-9(25(20)4-3-14-7(2)16)11(13(18)19)15(8)12(10)17/h3-4,6,8,10H,5H2,1-2H3,(H,14,16)(H,18,19)(H,21,22,23)/b4-3-/t6-,8+,10-,25+/m0/s1. The van der Waals surface area contributed by atoms with Gasteiger partial charge >= 0.3 is 16.4 Å². The van der Waals surface area contributed by atoms with Crippen LogP contribution in [0.2, 0.25) is 0 Å². The molecule has 0 aromatic rings. The monoisotopic (exact) mass is 408 g/mol. The molecule has 0 radical (unpaired) electrons. The Morgan fingerprint density at radius 3 is 2.58 bits per heavy atom. The molecule has 0 bridgehead atoms. The molecule has 144 valence electrons. The van der Waals surface area contributed by atoms with Gasteiger partial charge in [0.15, 0.2) is 0 Å². The molecule has 4 atom stereocenters. The molecule has 0 spiro atoms. The number of nitrogens with zero attached hydrogens (tertiary/aromatic N) is 1. The van der Waals surface area contributed by atoms with Crippen molar-refractivity contribution in [3.8, 4) is 0 Å². The quantitative estimate of drug-likeness (QED) is 0.356. The van der Waals surface area contributed by atoms with Crippen LogP contribution in [0.15, 0.2) is 22.2 Å². The van der Waals surface area contributed by atoms with Crippen molar-refractivity contribution in [1.29, 1.82) is 0 Å². The maximum atomic E-state index is 12.3. The lowest BCUT2D eigenvalue weighted by Gasteiger charge is -2.45. The van der Waals surface area contributed by atoms with E-state index in [-0.39, 0.29) is 11.3 Å². The highest BCUT2D eigenvalue weighted by molar-refractivity contribution is 7.91. The highest BCUT2D eigenvalue weighted by Crippen LogP contribution is 2.45. The van der Waals surface area contributed by atoms with Crippen LogP contribution in [0, 0.1) is 5.92 Å². The van der Waals surface area contributed by atoms with Crippen molar-refractivity contribution in [2.75, 3.05) is 0 Å². The molecule has 2 heterocycles. The summed E-state index contributed by atoms with van der Waals surface area (Å²) in [5.41, 5.74) is -0.443. The molecule has 2 aliphatic rings. The third-order valence-corrected chi connectivity index (χ3v) is 5.65. The van der Waals surface area contributed by atoms with Crippen molar-refractivity contribution >= 4 is 39.0 Å². The summed E-state index contributed by atoms with van der Waals surface area (Å²) < 4.78 is 47.1. The van der Waals surface area contributed by atoms with Crippen molar-refractivity contribution in [2.24, 2.45) is 5.92 Å². The first-order valence-corrected chi connectivity index (χ1v) is 9.81. The zero-order valence-electron chi connectivity index (χ0n) is 13.6. The fraction of sp³-hybridized carbons (Fsp3) is 0.462. The summed E-state index contributed by atoms with van der Waals surface area (Å²) in [6, 6.07) is -0.751. The van der Waals surface area contributed by atoms with Crippen LogP contribution in [0.1, 0.15) is 20.3 Å². The number of fused-ring (bicyclic) bond motifs is 1. The zero-order chi connectivity index (χ0) is 19.8. The maximum absolute atomic E-state index is 12.3. The summed E-state index contributed by atoms with van der Waals surface area (Å²) in [7, 11) is -6.71. The minimum atomic E-state index is -4.79. The van der Waals surface area contributed by atoms with E-state index in [0.29, 0.717) is 0 Å². The Kier molecular flexibility index (Phi) is 5.65. The molecule has 1 saturated heterocycles. The third-order valence-electron chi connectivity index (χ3n) is 3.87. The lowest BCUT2D eigenvalue weighted by Crippen LogP contribution is -2.62. The van der Waals surface area contributed by atoms with Gasteiger partial charge in [-0.25, -0.2) is 13.2 Å². The molecule has 26 heavy (non-hydrogen) atoms. The summed E-state index contributed by atoms with van der Waals surface area (Å²) in [6.45, 7) is 2.48. The lowest BCUT2D eigenvalue weighted by atomic mass is 9.83. The van der Waals surface area contributed by atoms with Gasteiger partial charge in [0.1, 0.15) is 5.70 Å². The molecule has 13 heteroatoms. The number of carboxylic acid groups (broad SMARTS) is 1. The highest BCUT2D eigenvalue weighted by atomic mass is 32.3. The van der Waals surface area contributed by atoms with Gasteiger partial charge in [0, 0.05) is 25.0 Å². The van der Waals surface area contributed by atoms with Gasteiger partial charge in [-0.15, -0.1) is 0 Å². The first-order valence-electron chi connectivity index (χ1n) is 7.23. The smallest absolute Gasteiger partial charge is 0.397 e. The number of aliphatic carboxylic acids is 1. The first-order chi connectivity index (χ1) is 11.9. The minimum absolute atomic E-state index is 0.0426. The molecule has 0 aliphatic carbocycles. The van der Waals surface area contributed by atoms with E-state index in [1.54, 1.807) is 0 Å². The van der Waals surface area contributed by atoms with E-state index in [0.717, 1.165) is 16.5 Å². The number of rotatable bonds is 7.